The van der Waals surface area contributed by atoms with Gasteiger partial charge in [0.1, 0.15) is 6.61 Å². The summed E-state index contributed by atoms with van der Waals surface area (Å²) in [5.41, 5.74) is -0.108. The summed E-state index contributed by atoms with van der Waals surface area (Å²) in [6.45, 7) is 0.974. The first-order chi connectivity index (χ1) is 6.75. The van der Waals surface area contributed by atoms with Crippen molar-refractivity contribution in [2.45, 2.75) is 0 Å². The predicted octanol–water partition coefficient (Wildman–Crippen LogP) is 0.588. The first-order valence-corrected chi connectivity index (χ1v) is 4.12. The van der Waals surface area contributed by atoms with E-state index in [0.717, 1.165) is 0 Å². The number of nitrogens with zero attached hydrogens (tertiary/aromatic N) is 2. The number of aromatic nitrogens is 1. The largest absolute Gasteiger partial charge is 0.471 e. The predicted molar refractivity (Wildman–Crippen MR) is 50.3 cm³/mol. The van der Waals surface area contributed by atoms with Crippen LogP contribution in [0, 0.1) is 10.1 Å². The number of pyridine rings is 1. The van der Waals surface area contributed by atoms with Gasteiger partial charge in [0.25, 0.3) is 5.88 Å². The van der Waals surface area contributed by atoms with E-state index in [9.17, 15) is 10.1 Å². The van der Waals surface area contributed by atoms with Gasteiger partial charge in [-0.25, -0.2) is 4.98 Å². The molecule has 6 nitrogen and oxygen atoms in total. The Balaban J connectivity index is 2.69. The molecule has 0 spiro atoms. The molecule has 0 amide bonds. The summed E-state index contributed by atoms with van der Waals surface area (Å²) in [6.07, 6.45) is 1.46. The molecule has 0 aromatic carbocycles. The molecular weight excluding hydrogens is 186 g/mol. The molecule has 14 heavy (non-hydrogen) atoms. The van der Waals surface area contributed by atoms with Gasteiger partial charge in [-0.15, -0.1) is 0 Å². The van der Waals surface area contributed by atoms with E-state index >= 15 is 0 Å². The van der Waals surface area contributed by atoms with Gasteiger partial charge in [-0.05, 0) is 13.1 Å². The second-order valence-corrected chi connectivity index (χ2v) is 2.54. The Morgan fingerprint density at radius 2 is 2.50 bits per heavy atom. The zero-order chi connectivity index (χ0) is 10.4. The zero-order valence-corrected chi connectivity index (χ0v) is 7.77. The van der Waals surface area contributed by atoms with Crippen LogP contribution in [-0.2, 0) is 0 Å². The SMILES string of the molecule is CNCCOc1ncccc1[N+](=O)[O-]. The number of likely N-dealkylation sites (N-methyl/N-ethyl adjacent to an activating group) is 1. The normalized spacial score (nSPS) is 9.79. The molecule has 76 valence electrons. The smallest absolute Gasteiger partial charge is 0.330 e. The topological polar surface area (TPSA) is 77.3 Å². The number of nitro groups is 1. The summed E-state index contributed by atoms with van der Waals surface area (Å²) < 4.78 is 5.12. The minimum absolute atomic E-state index is 0.0627. The molecule has 0 saturated heterocycles. The molecule has 1 N–H and O–H groups in total. The molecule has 6 heteroatoms. The third-order valence-corrected chi connectivity index (χ3v) is 1.54. The van der Waals surface area contributed by atoms with Gasteiger partial charge in [-0.1, -0.05) is 0 Å². The van der Waals surface area contributed by atoms with E-state index in [2.05, 4.69) is 10.3 Å². The number of hydrogen-bond acceptors (Lipinski definition) is 5. The van der Waals surface area contributed by atoms with Gasteiger partial charge < -0.3 is 10.1 Å². The highest BCUT2D eigenvalue weighted by Crippen LogP contribution is 2.22. The van der Waals surface area contributed by atoms with Crippen molar-refractivity contribution < 1.29 is 9.66 Å². The lowest BCUT2D eigenvalue weighted by molar-refractivity contribution is -0.386. The van der Waals surface area contributed by atoms with E-state index < -0.39 is 4.92 Å². The molecule has 0 unspecified atom stereocenters. The van der Waals surface area contributed by atoms with E-state index in [4.69, 9.17) is 4.74 Å². The van der Waals surface area contributed by atoms with Crippen LogP contribution in [0.15, 0.2) is 18.3 Å². The fourth-order valence-corrected chi connectivity index (χ4v) is 0.882. The Morgan fingerprint density at radius 3 is 3.14 bits per heavy atom. The minimum atomic E-state index is -0.512. The molecule has 0 saturated carbocycles. The van der Waals surface area contributed by atoms with E-state index in [-0.39, 0.29) is 11.6 Å². The standard InChI is InChI=1S/C8H11N3O3/c1-9-5-6-14-8-7(11(12)13)3-2-4-10-8/h2-4,9H,5-6H2,1H3. The summed E-state index contributed by atoms with van der Waals surface area (Å²) >= 11 is 0. The Labute approximate surface area is 81.1 Å². The molecule has 0 atom stereocenters. The van der Waals surface area contributed by atoms with Crippen LogP contribution in [0.2, 0.25) is 0 Å². The van der Waals surface area contributed by atoms with Crippen molar-refractivity contribution in [2.24, 2.45) is 0 Å². The van der Waals surface area contributed by atoms with E-state index in [1.165, 1.54) is 18.3 Å². The first-order valence-electron chi connectivity index (χ1n) is 4.12. The summed E-state index contributed by atoms with van der Waals surface area (Å²) in [6, 6.07) is 2.87. The van der Waals surface area contributed by atoms with Crippen LogP contribution < -0.4 is 10.1 Å². The zero-order valence-electron chi connectivity index (χ0n) is 7.77. The molecule has 0 aliphatic heterocycles. The van der Waals surface area contributed by atoms with Crippen LogP contribution in [0.4, 0.5) is 5.69 Å². The van der Waals surface area contributed by atoms with E-state index in [0.29, 0.717) is 13.2 Å². The highest BCUT2D eigenvalue weighted by molar-refractivity contribution is 5.39. The number of nitrogens with one attached hydrogen (secondary N) is 1. The van der Waals surface area contributed by atoms with E-state index in [1.54, 1.807) is 7.05 Å². The van der Waals surface area contributed by atoms with Crippen molar-refractivity contribution in [3.05, 3.63) is 28.4 Å². The van der Waals surface area contributed by atoms with Crippen LogP contribution in [0.5, 0.6) is 5.88 Å². The lowest BCUT2D eigenvalue weighted by Crippen LogP contribution is -2.16. The molecule has 0 aliphatic carbocycles. The van der Waals surface area contributed by atoms with Gasteiger partial charge in [-0.2, -0.15) is 0 Å². The van der Waals surface area contributed by atoms with Crippen molar-refractivity contribution >= 4 is 5.69 Å². The lowest BCUT2D eigenvalue weighted by Gasteiger charge is -2.03. The number of rotatable bonds is 5. The Kier molecular flexibility index (Phi) is 3.81. The molecule has 0 radical (unpaired) electrons. The quantitative estimate of drug-likeness (QED) is 0.424. The number of ether oxygens (including phenoxy) is 1. The average Bonchev–Trinajstić information content (AvgIpc) is 2.19. The van der Waals surface area contributed by atoms with Crippen LogP contribution in [-0.4, -0.2) is 30.1 Å². The third kappa shape index (κ3) is 2.67. The highest BCUT2D eigenvalue weighted by Gasteiger charge is 2.14. The summed E-state index contributed by atoms with van der Waals surface area (Å²) in [4.78, 5) is 13.8. The van der Waals surface area contributed by atoms with Crippen molar-refractivity contribution in [2.75, 3.05) is 20.2 Å². The Hall–Kier alpha value is -1.69. The third-order valence-electron chi connectivity index (χ3n) is 1.54. The van der Waals surface area contributed by atoms with Gasteiger partial charge in [-0.3, -0.25) is 10.1 Å². The van der Waals surface area contributed by atoms with Crippen LogP contribution in [0.1, 0.15) is 0 Å². The second kappa shape index (κ2) is 5.13. The molecule has 0 aliphatic rings. The molecule has 1 heterocycles. The maximum Gasteiger partial charge on any atom is 0.330 e. The molecule has 0 fully saturated rings. The summed E-state index contributed by atoms with van der Waals surface area (Å²) in [5, 5.41) is 13.4. The maximum absolute atomic E-state index is 10.5. The van der Waals surface area contributed by atoms with Crippen LogP contribution in [0.3, 0.4) is 0 Å². The fourth-order valence-electron chi connectivity index (χ4n) is 0.882. The number of hydrogen-bond donors (Lipinski definition) is 1. The first kappa shape index (κ1) is 10.4. The monoisotopic (exact) mass is 197 g/mol. The molecule has 1 aromatic rings. The average molecular weight is 197 g/mol. The molecule has 1 rings (SSSR count). The second-order valence-electron chi connectivity index (χ2n) is 2.54. The van der Waals surface area contributed by atoms with Crippen molar-refractivity contribution in [1.82, 2.24) is 10.3 Å². The minimum Gasteiger partial charge on any atom is -0.471 e. The summed E-state index contributed by atoms with van der Waals surface area (Å²) in [7, 11) is 1.77. The van der Waals surface area contributed by atoms with Crippen LogP contribution >= 0.6 is 0 Å². The highest BCUT2D eigenvalue weighted by atomic mass is 16.6. The summed E-state index contributed by atoms with van der Waals surface area (Å²) in [5.74, 6) is 0.0627. The van der Waals surface area contributed by atoms with Crippen molar-refractivity contribution in [3.8, 4) is 5.88 Å². The van der Waals surface area contributed by atoms with Gasteiger partial charge >= 0.3 is 5.69 Å². The maximum atomic E-state index is 10.5. The fraction of sp³-hybridized carbons (Fsp3) is 0.375. The molecular formula is C8H11N3O3. The molecule has 0 bridgehead atoms. The van der Waals surface area contributed by atoms with Gasteiger partial charge in [0.15, 0.2) is 0 Å². The van der Waals surface area contributed by atoms with Crippen molar-refractivity contribution in [3.63, 3.8) is 0 Å². The van der Waals surface area contributed by atoms with Crippen molar-refractivity contribution in [1.29, 1.82) is 0 Å². The Bertz CT molecular complexity index is 316. The Morgan fingerprint density at radius 1 is 1.71 bits per heavy atom. The van der Waals surface area contributed by atoms with Gasteiger partial charge in [0.2, 0.25) is 0 Å². The van der Waals surface area contributed by atoms with Gasteiger partial charge in [0.05, 0.1) is 4.92 Å². The van der Waals surface area contributed by atoms with E-state index in [1.807, 2.05) is 0 Å². The van der Waals surface area contributed by atoms with Gasteiger partial charge in [0, 0.05) is 18.8 Å². The van der Waals surface area contributed by atoms with Crippen LogP contribution in [0.25, 0.3) is 0 Å². The lowest BCUT2D eigenvalue weighted by atomic mass is 10.4. The molecule has 1 aromatic heterocycles.